The van der Waals surface area contributed by atoms with Crippen LogP contribution in [-0.2, 0) is 0 Å². The second-order valence-electron chi connectivity index (χ2n) is 4.96. The number of aromatic hydroxyl groups is 1. The molecule has 0 saturated carbocycles. The maximum atomic E-state index is 10.3. The van der Waals surface area contributed by atoms with Gasteiger partial charge in [0, 0.05) is 0 Å². The van der Waals surface area contributed by atoms with Crippen molar-refractivity contribution in [2.45, 2.75) is 38.5 Å². The number of phenols is 1. The molecule has 88 valence electrons. The summed E-state index contributed by atoms with van der Waals surface area (Å²) in [4.78, 5) is 0. The van der Waals surface area contributed by atoms with Gasteiger partial charge in [0.05, 0.1) is 0 Å². The Balaban J connectivity index is 2.29. The number of para-hydroxylation sites is 1. The van der Waals surface area contributed by atoms with Crippen LogP contribution in [0.1, 0.15) is 49.7 Å². The highest BCUT2D eigenvalue weighted by Crippen LogP contribution is 2.36. The Morgan fingerprint density at radius 1 is 1.25 bits per heavy atom. The summed E-state index contributed by atoms with van der Waals surface area (Å²) in [5.74, 6) is 1.45. The van der Waals surface area contributed by atoms with E-state index in [2.05, 4.69) is 31.3 Å². The summed E-state index contributed by atoms with van der Waals surface area (Å²) in [6, 6.07) is 6.19. The topological polar surface area (TPSA) is 32.3 Å². The van der Waals surface area contributed by atoms with Crippen molar-refractivity contribution in [3.05, 3.63) is 29.3 Å². The summed E-state index contributed by atoms with van der Waals surface area (Å²) < 4.78 is 0. The van der Waals surface area contributed by atoms with Gasteiger partial charge >= 0.3 is 0 Å². The van der Waals surface area contributed by atoms with Crippen LogP contribution >= 0.6 is 0 Å². The Morgan fingerprint density at radius 3 is 2.56 bits per heavy atom. The molecule has 1 fully saturated rings. The van der Waals surface area contributed by atoms with E-state index in [1.54, 1.807) is 0 Å². The van der Waals surface area contributed by atoms with E-state index in [0.29, 0.717) is 17.6 Å². The molecule has 2 heteroatoms. The lowest BCUT2D eigenvalue weighted by Crippen LogP contribution is -2.26. The molecule has 1 aromatic rings. The van der Waals surface area contributed by atoms with Gasteiger partial charge in [-0.25, -0.2) is 0 Å². The van der Waals surface area contributed by atoms with Crippen LogP contribution in [0.25, 0.3) is 0 Å². The standard InChI is InChI=1S/C14H21NO/c1-10(2)12-4-3-5-13(14(12)16)11-6-8-15-9-7-11/h3-5,10-11,15-16H,6-9H2,1-2H3. The lowest BCUT2D eigenvalue weighted by molar-refractivity contribution is 0.419. The smallest absolute Gasteiger partial charge is 0.122 e. The van der Waals surface area contributed by atoms with Gasteiger partial charge in [0.2, 0.25) is 0 Å². The zero-order chi connectivity index (χ0) is 11.5. The molecular formula is C14H21NO. The van der Waals surface area contributed by atoms with Crippen LogP contribution in [0, 0.1) is 0 Å². The van der Waals surface area contributed by atoms with E-state index in [1.807, 2.05) is 6.07 Å². The summed E-state index contributed by atoms with van der Waals surface area (Å²) in [5, 5.41) is 13.7. The van der Waals surface area contributed by atoms with E-state index in [-0.39, 0.29) is 0 Å². The van der Waals surface area contributed by atoms with Gasteiger partial charge in [-0.15, -0.1) is 0 Å². The Morgan fingerprint density at radius 2 is 1.94 bits per heavy atom. The van der Waals surface area contributed by atoms with Crippen molar-refractivity contribution in [3.63, 3.8) is 0 Å². The maximum absolute atomic E-state index is 10.3. The highest BCUT2D eigenvalue weighted by Gasteiger charge is 2.20. The minimum Gasteiger partial charge on any atom is -0.507 e. The van der Waals surface area contributed by atoms with E-state index < -0.39 is 0 Å². The van der Waals surface area contributed by atoms with E-state index in [4.69, 9.17) is 0 Å². The number of benzene rings is 1. The molecule has 0 aliphatic carbocycles. The minimum atomic E-state index is 0.390. The van der Waals surface area contributed by atoms with Crippen molar-refractivity contribution in [2.24, 2.45) is 0 Å². The zero-order valence-electron chi connectivity index (χ0n) is 10.2. The fraction of sp³-hybridized carbons (Fsp3) is 0.571. The van der Waals surface area contributed by atoms with Crippen molar-refractivity contribution < 1.29 is 5.11 Å². The third kappa shape index (κ3) is 2.22. The Labute approximate surface area is 97.7 Å². The van der Waals surface area contributed by atoms with Gasteiger partial charge in [-0.1, -0.05) is 32.0 Å². The first kappa shape index (κ1) is 11.5. The van der Waals surface area contributed by atoms with E-state index in [9.17, 15) is 5.11 Å². The monoisotopic (exact) mass is 219 g/mol. The fourth-order valence-corrected chi connectivity index (χ4v) is 2.51. The predicted molar refractivity (Wildman–Crippen MR) is 67.0 cm³/mol. The van der Waals surface area contributed by atoms with Gasteiger partial charge in [-0.05, 0) is 48.9 Å². The van der Waals surface area contributed by atoms with Crippen LogP contribution in [0.15, 0.2) is 18.2 Å². The largest absolute Gasteiger partial charge is 0.507 e. The number of hydrogen-bond donors (Lipinski definition) is 2. The summed E-state index contributed by atoms with van der Waals surface area (Å²) in [7, 11) is 0. The second kappa shape index (κ2) is 4.88. The van der Waals surface area contributed by atoms with E-state index in [1.165, 1.54) is 0 Å². The molecular weight excluding hydrogens is 198 g/mol. The van der Waals surface area contributed by atoms with Crippen molar-refractivity contribution in [2.75, 3.05) is 13.1 Å². The van der Waals surface area contributed by atoms with Gasteiger partial charge in [-0.3, -0.25) is 0 Å². The Kier molecular flexibility index (Phi) is 3.49. The van der Waals surface area contributed by atoms with E-state index in [0.717, 1.165) is 37.1 Å². The SMILES string of the molecule is CC(C)c1cccc(C2CCNCC2)c1O. The van der Waals surface area contributed by atoms with Crippen LogP contribution in [0.4, 0.5) is 0 Å². The predicted octanol–water partition coefficient (Wildman–Crippen LogP) is 2.98. The Bertz CT molecular complexity index is 354. The van der Waals surface area contributed by atoms with Crippen molar-refractivity contribution in [1.29, 1.82) is 0 Å². The number of hydrogen-bond acceptors (Lipinski definition) is 2. The molecule has 0 atom stereocenters. The molecule has 1 heterocycles. The number of phenolic OH excluding ortho intramolecular Hbond substituents is 1. The van der Waals surface area contributed by atoms with Crippen LogP contribution in [0.3, 0.4) is 0 Å². The van der Waals surface area contributed by atoms with Crippen LogP contribution in [-0.4, -0.2) is 18.2 Å². The number of nitrogens with one attached hydrogen (secondary N) is 1. The van der Waals surface area contributed by atoms with Crippen molar-refractivity contribution >= 4 is 0 Å². The second-order valence-corrected chi connectivity index (χ2v) is 4.96. The van der Waals surface area contributed by atoms with Crippen molar-refractivity contribution in [3.8, 4) is 5.75 Å². The maximum Gasteiger partial charge on any atom is 0.122 e. The first-order valence-electron chi connectivity index (χ1n) is 6.22. The first-order valence-corrected chi connectivity index (χ1v) is 6.22. The normalized spacial score (nSPS) is 17.9. The molecule has 2 rings (SSSR count). The molecule has 0 unspecified atom stereocenters. The summed E-state index contributed by atoms with van der Waals surface area (Å²) in [6.07, 6.45) is 2.27. The first-order chi connectivity index (χ1) is 7.70. The van der Waals surface area contributed by atoms with Crippen LogP contribution < -0.4 is 5.32 Å². The fourth-order valence-electron chi connectivity index (χ4n) is 2.51. The lowest BCUT2D eigenvalue weighted by atomic mass is 9.87. The number of rotatable bonds is 2. The average Bonchev–Trinajstić information content (AvgIpc) is 2.30. The minimum absolute atomic E-state index is 0.390. The third-order valence-corrected chi connectivity index (χ3v) is 3.50. The van der Waals surface area contributed by atoms with Gasteiger partial charge in [0.1, 0.15) is 5.75 Å². The van der Waals surface area contributed by atoms with Crippen LogP contribution in [0.5, 0.6) is 5.75 Å². The zero-order valence-corrected chi connectivity index (χ0v) is 10.2. The molecule has 1 aromatic carbocycles. The molecule has 2 N–H and O–H groups in total. The molecule has 0 aromatic heterocycles. The molecule has 1 aliphatic rings. The highest BCUT2D eigenvalue weighted by atomic mass is 16.3. The van der Waals surface area contributed by atoms with Gasteiger partial charge in [-0.2, -0.15) is 0 Å². The molecule has 2 nitrogen and oxygen atoms in total. The summed E-state index contributed by atoms with van der Waals surface area (Å²) >= 11 is 0. The lowest BCUT2D eigenvalue weighted by Gasteiger charge is -2.25. The molecule has 16 heavy (non-hydrogen) atoms. The number of piperidine rings is 1. The highest BCUT2D eigenvalue weighted by molar-refractivity contribution is 5.44. The van der Waals surface area contributed by atoms with Gasteiger partial charge in [0.25, 0.3) is 0 Å². The summed E-state index contributed by atoms with van der Waals surface area (Å²) in [5.41, 5.74) is 2.23. The molecule has 1 saturated heterocycles. The molecule has 1 aliphatic heterocycles. The third-order valence-electron chi connectivity index (χ3n) is 3.50. The molecule has 0 bridgehead atoms. The Hall–Kier alpha value is -1.02. The van der Waals surface area contributed by atoms with Crippen LogP contribution in [0.2, 0.25) is 0 Å². The average molecular weight is 219 g/mol. The molecule has 0 spiro atoms. The van der Waals surface area contributed by atoms with E-state index >= 15 is 0 Å². The molecule has 0 amide bonds. The van der Waals surface area contributed by atoms with Crippen molar-refractivity contribution in [1.82, 2.24) is 5.32 Å². The quantitative estimate of drug-likeness (QED) is 0.801. The summed E-state index contributed by atoms with van der Waals surface area (Å²) in [6.45, 7) is 6.38. The van der Waals surface area contributed by atoms with Gasteiger partial charge in [0.15, 0.2) is 0 Å². The molecule has 0 radical (unpaired) electrons. The van der Waals surface area contributed by atoms with Gasteiger partial charge < -0.3 is 10.4 Å².